The molecule has 0 aromatic rings. The van der Waals surface area contributed by atoms with E-state index < -0.39 is 66.6 Å². The second kappa shape index (κ2) is 15.0. The van der Waals surface area contributed by atoms with Gasteiger partial charge in [0, 0.05) is 13.0 Å². The molecule has 0 rings (SSSR count). The fraction of sp³-hybridized carbons (Fsp3) is 0.588. The van der Waals surface area contributed by atoms with Gasteiger partial charge in [-0.1, -0.05) is 0 Å². The number of nitrogens with two attached hydrogens (primary N) is 5. The normalized spacial score (nSPS) is 13.0. The number of amides is 5. The number of rotatable bonds is 16. The Hall–Kier alpha value is -3.95. The summed E-state index contributed by atoms with van der Waals surface area (Å²) in [6.07, 6.45) is -0.658. The summed E-state index contributed by atoms with van der Waals surface area (Å²) in [7, 11) is 0. The Kier molecular flexibility index (Phi) is 13.2. The summed E-state index contributed by atoms with van der Waals surface area (Å²) in [5.41, 5.74) is 26.2. The minimum absolute atomic E-state index is 0.00331. The third kappa shape index (κ3) is 13.9. The molecular weight excluding hydrogens is 442 g/mol. The summed E-state index contributed by atoms with van der Waals surface area (Å²) >= 11 is 0. The zero-order valence-corrected chi connectivity index (χ0v) is 17.9. The lowest BCUT2D eigenvalue weighted by molar-refractivity contribution is -0.139. The van der Waals surface area contributed by atoms with Gasteiger partial charge in [0.05, 0.1) is 12.5 Å². The van der Waals surface area contributed by atoms with Crippen molar-refractivity contribution in [3.63, 3.8) is 0 Å². The number of carboxylic acids is 1. The number of aliphatic imine (C=N–C) groups is 1. The van der Waals surface area contributed by atoms with Gasteiger partial charge in [-0.15, -0.1) is 0 Å². The maximum absolute atomic E-state index is 12.7. The predicted octanol–water partition coefficient (Wildman–Crippen LogP) is -5.32. The molecular formula is C17H31N9O7. The molecule has 0 spiro atoms. The molecule has 14 N–H and O–H groups in total. The van der Waals surface area contributed by atoms with E-state index in [1.165, 1.54) is 0 Å². The average molecular weight is 473 g/mol. The average Bonchev–Trinajstić information content (AvgIpc) is 2.70. The molecule has 0 bridgehead atoms. The van der Waals surface area contributed by atoms with E-state index >= 15 is 0 Å². The van der Waals surface area contributed by atoms with Crippen LogP contribution < -0.4 is 44.6 Å². The van der Waals surface area contributed by atoms with Crippen LogP contribution in [0.5, 0.6) is 0 Å². The summed E-state index contributed by atoms with van der Waals surface area (Å²) < 4.78 is 0. The number of nitrogens with zero attached hydrogens (tertiary/aromatic N) is 1. The molecule has 16 heteroatoms. The Morgan fingerprint density at radius 1 is 0.818 bits per heavy atom. The third-order valence-corrected chi connectivity index (χ3v) is 4.07. The first-order chi connectivity index (χ1) is 15.3. The number of guanidine groups is 1. The Bertz CT molecular complexity index is 768. The van der Waals surface area contributed by atoms with Crippen molar-refractivity contribution in [1.29, 1.82) is 0 Å². The predicted molar refractivity (Wildman–Crippen MR) is 115 cm³/mol. The van der Waals surface area contributed by atoms with Crippen molar-refractivity contribution in [1.82, 2.24) is 16.0 Å². The number of carboxylic acid groups (broad SMARTS) is 1. The SMILES string of the molecule is NC(=O)CCC(N)C(=O)NC(CC(N)=O)C(=O)NC(CCCN=C(N)N)C(=O)NCC(=O)O. The molecule has 0 radical (unpaired) electrons. The van der Waals surface area contributed by atoms with Crippen LogP contribution in [0.4, 0.5) is 0 Å². The zero-order valence-electron chi connectivity index (χ0n) is 17.9. The molecule has 3 unspecified atom stereocenters. The van der Waals surface area contributed by atoms with E-state index in [9.17, 15) is 28.8 Å². The molecule has 0 aromatic heterocycles. The minimum atomic E-state index is -1.48. The number of hydrogen-bond donors (Lipinski definition) is 9. The van der Waals surface area contributed by atoms with Crippen molar-refractivity contribution in [2.45, 2.75) is 50.2 Å². The quantitative estimate of drug-likeness (QED) is 0.0582. The lowest BCUT2D eigenvalue weighted by Gasteiger charge is -2.23. The first kappa shape index (κ1) is 29.1. The smallest absolute Gasteiger partial charge is 0.322 e. The lowest BCUT2D eigenvalue weighted by Crippen LogP contribution is -2.56. The molecule has 16 nitrogen and oxygen atoms in total. The number of carbonyl (C=O) groups excluding carboxylic acids is 5. The monoisotopic (exact) mass is 473 g/mol. The zero-order chi connectivity index (χ0) is 25.6. The highest BCUT2D eigenvalue weighted by Crippen LogP contribution is 2.03. The molecule has 0 heterocycles. The summed E-state index contributed by atoms with van der Waals surface area (Å²) in [5, 5.41) is 15.4. The van der Waals surface area contributed by atoms with Crippen LogP contribution in [-0.2, 0) is 28.8 Å². The Morgan fingerprint density at radius 2 is 1.42 bits per heavy atom. The van der Waals surface area contributed by atoms with Gasteiger partial charge < -0.3 is 49.7 Å². The summed E-state index contributed by atoms with van der Waals surface area (Å²) in [6.45, 7) is -0.577. The molecule has 0 aliphatic rings. The summed E-state index contributed by atoms with van der Waals surface area (Å²) in [4.78, 5) is 73.9. The fourth-order valence-electron chi connectivity index (χ4n) is 2.45. The van der Waals surface area contributed by atoms with E-state index in [0.29, 0.717) is 0 Å². The molecule has 5 amide bonds. The molecule has 0 aliphatic heterocycles. The number of nitrogens with one attached hydrogen (secondary N) is 3. The van der Waals surface area contributed by atoms with Gasteiger partial charge in [-0.2, -0.15) is 0 Å². The third-order valence-electron chi connectivity index (χ3n) is 4.07. The second-order valence-electron chi connectivity index (χ2n) is 6.96. The van der Waals surface area contributed by atoms with Gasteiger partial charge in [-0.05, 0) is 19.3 Å². The standard InChI is InChI=1S/C17H31N9O7/c18-8(3-4-11(19)27)14(31)26-10(6-12(20)28)16(33)25-9(2-1-5-23-17(21)22)15(32)24-7-13(29)30/h8-10H,1-7,18H2,(H2,19,27)(H2,20,28)(H,24,32)(H,25,33)(H,26,31)(H,29,30)(H4,21,22,23). The number of hydrogen-bond acceptors (Lipinski definition) is 8. The summed E-state index contributed by atoms with van der Waals surface area (Å²) in [6, 6.07) is -3.92. The molecule has 0 saturated carbocycles. The molecule has 33 heavy (non-hydrogen) atoms. The number of primary amides is 2. The minimum Gasteiger partial charge on any atom is -0.480 e. The van der Waals surface area contributed by atoms with E-state index in [0.717, 1.165) is 0 Å². The Morgan fingerprint density at radius 3 is 1.94 bits per heavy atom. The van der Waals surface area contributed by atoms with Gasteiger partial charge in [0.1, 0.15) is 18.6 Å². The van der Waals surface area contributed by atoms with Crippen molar-refractivity contribution in [2.24, 2.45) is 33.7 Å². The van der Waals surface area contributed by atoms with E-state index in [1.807, 2.05) is 0 Å². The van der Waals surface area contributed by atoms with Crippen LogP contribution in [0.3, 0.4) is 0 Å². The van der Waals surface area contributed by atoms with Crippen LogP contribution >= 0.6 is 0 Å². The highest BCUT2D eigenvalue weighted by Gasteiger charge is 2.29. The van der Waals surface area contributed by atoms with Crippen molar-refractivity contribution in [3.05, 3.63) is 0 Å². The van der Waals surface area contributed by atoms with Crippen molar-refractivity contribution >= 4 is 41.5 Å². The highest BCUT2D eigenvalue weighted by atomic mass is 16.4. The van der Waals surface area contributed by atoms with Gasteiger partial charge in [-0.25, -0.2) is 0 Å². The van der Waals surface area contributed by atoms with Crippen LogP contribution in [0, 0.1) is 0 Å². The largest absolute Gasteiger partial charge is 0.480 e. The number of carbonyl (C=O) groups is 6. The van der Waals surface area contributed by atoms with Crippen LogP contribution in [0.25, 0.3) is 0 Å². The van der Waals surface area contributed by atoms with Gasteiger partial charge in [-0.3, -0.25) is 33.8 Å². The van der Waals surface area contributed by atoms with Crippen LogP contribution in [0.2, 0.25) is 0 Å². The molecule has 3 atom stereocenters. The molecule has 0 fully saturated rings. The molecule has 0 aliphatic carbocycles. The van der Waals surface area contributed by atoms with E-state index in [4.69, 9.17) is 33.8 Å². The fourth-order valence-corrected chi connectivity index (χ4v) is 2.45. The van der Waals surface area contributed by atoms with Gasteiger partial charge >= 0.3 is 5.97 Å². The number of aliphatic carboxylic acids is 1. The van der Waals surface area contributed by atoms with Crippen molar-refractivity contribution in [3.8, 4) is 0 Å². The van der Waals surface area contributed by atoms with Gasteiger partial charge in [0.15, 0.2) is 5.96 Å². The Balaban J connectivity index is 5.32. The molecule has 0 saturated heterocycles. The van der Waals surface area contributed by atoms with E-state index in [2.05, 4.69) is 20.9 Å². The maximum atomic E-state index is 12.7. The molecule has 186 valence electrons. The maximum Gasteiger partial charge on any atom is 0.322 e. The Labute approximate surface area is 189 Å². The topological polar surface area (TPSA) is 301 Å². The lowest BCUT2D eigenvalue weighted by atomic mass is 10.1. The van der Waals surface area contributed by atoms with Crippen LogP contribution in [0.15, 0.2) is 4.99 Å². The highest BCUT2D eigenvalue weighted by molar-refractivity contribution is 5.96. The van der Waals surface area contributed by atoms with Crippen LogP contribution in [0.1, 0.15) is 32.1 Å². The van der Waals surface area contributed by atoms with E-state index in [-0.39, 0.29) is 38.2 Å². The van der Waals surface area contributed by atoms with E-state index in [1.54, 1.807) is 0 Å². The second-order valence-corrected chi connectivity index (χ2v) is 6.96. The van der Waals surface area contributed by atoms with Gasteiger partial charge in [0.25, 0.3) is 0 Å². The first-order valence-corrected chi connectivity index (χ1v) is 9.81. The van der Waals surface area contributed by atoms with Gasteiger partial charge in [0.2, 0.25) is 29.5 Å². The van der Waals surface area contributed by atoms with Crippen molar-refractivity contribution < 1.29 is 33.9 Å². The first-order valence-electron chi connectivity index (χ1n) is 9.81. The van der Waals surface area contributed by atoms with Crippen molar-refractivity contribution in [2.75, 3.05) is 13.1 Å². The summed E-state index contributed by atoms with van der Waals surface area (Å²) in [5.74, 6) is -5.71. The van der Waals surface area contributed by atoms with Crippen LogP contribution in [-0.4, -0.2) is 77.8 Å². The molecule has 0 aromatic carbocycles.